The zero-order chi connectivity index (χ0) is 12.8. The highest BCUT2D eigenvalue weighted by molar-refractivity contribution is 5.33. The number of methoxy groups -OCH3 is 1. The van der Waals surface area contributed by atoms with Crippen molar-refractivity contribution in [2.24, 2.45) is 0 Å². The van der Waals surface area contributed by atoms with E-state index in [1.54, 1.807) is 13.4 Å². The minimum Gasteiger partial charge on any atom is -0.496 e. The molecule has 0 radical (unpaired) electrons. The molecule has 0 fully saturated rings. The summed E-state index contributed by atoms with van der Waals surface area (Å²) in [5, 5.41) is 3.49. The van der Waals surface area contributed by atoms with Crippen LogP contribution in [0.3, 0.4) is 0 Å². The SMILES string of the molecule is CCC(NCc1ccccc1OC)c1ccco1. The minimum atomic E-state index is 0.241. The summed E-state index contributed by atoms with van der Waals surface area (Å²) >= 11 is 0. The molecule has 0 amide bonds. The van der Waals surface area contributed by atoms with Gasteiger partial charge in [0.15, 0.2) is 0 Å². The predicted octanol–water partition coefficient (Wildman–Crippen LogP) is 3.53. The molecule has 2 rings (SSSR count). The number of nitrogens with one attached hydrogen (secondary N) is 1. The molecule has 2 aromatic rings. The zero-order valence-corrected chi connectivity index (χ0v) is 10.8. The van der Waals surface area contributed by atoms with Crippen LogP contribution in [0.25, 0.3) is 0 Å². The molecular formula is C15H19NO2. The number of para-hydroxylation sites is 1. The second-order valence-corrected chi connectivity index (χ2v) is 4.17. The monoisotopic (exact) mass is 245 g/mol. The normalized spacial score (nSPS) is 12.3. The molecule has 3 heteroatoms. The lowest BCUT2D eigenvalue weighted by molar-refractivity contribution is 0.388. The van der Waals surface area contributed by atoms with Gasteiger partial charge in [-0.15, -0.1) is 0 Å². The lowest BCUT2D eigenvalue weighted by Gasteiger charge is -2.16. The number of hydrogen-bond donors (Lipinski definition) is 1. The molecule has 1 heterocycles. The van der Waals surface area contributed by atoms with Gasteiger partial charge in [0.05, 0.1) is 19.4 Å². The first-order valence-electron chi connectivity index (χ1n) is 6.23. The van der Waals surface area contributed by atoms with Crippen molar-refractivity contribution >= 4 is 0 Å². The molecule has 1 unspecified atom stereocenters. The zero-order valence-electron chi connectivity index (χ0n) is 10.8. The van der Waals surface area contributed by atoms with Crippen molar-refractivity contribution in [3.63, 3.8) is 0 Å². The summed E-state index contributed by atoms with van der Waals surface area (Å²) in [5.41, 5.74) is 1.16. The van der Waals surface area contributed by atoms with Gasteiger partial charge in [-0.25, -0.2) is 0 Å². The fourth-order valence-corrected chi connectivity index (χ4v) is 2.02. The largest absolute Gasteiger partial charge is 0.496 e. The van der Waals surface area contributed by atoms with Gasteiger partial charge in [-0.1, -0.05) is 25.1 Å². The van der Waals surface area contributed by atoms with E-state index in [0.717, 1.165) is 30.0 Å². The maximum absolute atomic E-state index is 5.44. The van der Waals surface area contributed by atoms with Crippen molar-refractivity contribution in [3.8, 4) is 5.75 Å². The standard InChI is InChI=1S/C15H19NO2/c1-3-13(15-9-6-10-18-15)16-11-12-7-4-5-8-14(12)17-2/h4-10,13,16H,3,11H2,1-2H3. The van der Waals surface area contributed by atoms with E-state index in [9.17, 15) is 0 Å². The Morgan fingerprint density at radius 3 is 2.72 bits per heavy atom. The summed E-state index contributed by atoms with van der Waals surface area (Å²) in [6.07, 6.45) is 2.70. The van der Waals surface area contributed by atoms with Gasteiger partial charge in [0.2, 0.25) is 0 Å². The molecule has 0 aliphatic heterocycles. The van der Waals surface area contributed by atoms with Crippen LogP contribution in [0.1, 0.15) is 30.7 Å². The van der Waals surface area contributed by atoms with Crippen LogP contribution in [0.15, 0.2) is 47.1 Å². The highest BCUT2D eigenvalue weighted by Crippen LogP contribution is 2.21. The smallest absolute Gasteiger partial charge is 0.123 e. The van der Waals surface area contributed by atoms with Gasteiger partial charge in [0.25, 0.3) is 0 Å². The Hall–Kier alpha value is -1.74. The van der Waals surface area contributed by atoms with E-state index in [4.69, 9.17) is 9.15 Å². The topological polar surface area (TPSA) is 34.4 Å². The Balaban J connectivity index is 2.02. The van der Waals surface area contributed by atoms with Gasteiger partial charge in [-0.3, -0.25) is 0 Å². The van der Waals surface area contributed by atoms with Crippen molar-refractivity contribution in [3.05, 3.63) is 54.0 Å². The number of hydrogen-bond acceptors (Lipinski definition) is 3. The average molecular weight is 245 g/mol. The third-order valence-electron chi connectivity index (χ3n) is 3.03. The van der Waals surface area contributed by atoms with E-state index in [1.807, 2.05) is 30.3 Å². The molecular weight excluding hydrogens is 226 g/mol. The van der Waals surface area contributed by atoms with Crippen LogP contribution in [0.5, 0.6) is 5.75 Å². The third kappa shape index (κ3) is 2.93. The fraction of sp³-hybridized carbons (Fsp3) is 0.333. The first-order chi connectivity index (χ1) is 8.85. The average Bonchev–Trinajstić information content (AvgIpc) is 2.94. The highest BCUT2D eigenvalue weighted by atomic mass is 16.5. The first kappa shape index (κ1) is 12.7. The number of furan rings is 1. The number of benzene rings is 1. The Morgan fingerprint density at radius 2 is 2.06 bits per heavy atom. The van der Waals surface area contributed by atoms with Crippen LogP contribution in [-0.4, -0.2) is 7.11 Å². The summed E-state index contributed by atoms with van der Waals surface area (Å²) in [6.45, 7) is 2.91. The Morgan fingerprint density at radius 1 is 1.22 bits per heavy atom. The summed E-state index contributed by atoms with van der Waals surface area (Å²) in [4.78, 5) is 0. The van der Waals surface area contributed by atoms with E-state index in [0.29, 0.717) is 0 Å². The van der Waals surface area contributed by atoms with Gasteiger partial charge in [0, 0.05) is 12.1 Å². The lowest BCUT2D eigenvalue weighted by atomic mass is 10.1. The van der Waals surface area contributed by atoms with Crippen molar-refractivity contribution < 1.29 is 9.15 Å². The molecule has 1 aromatic heterocycles. The van der Waals surface area contributed by atoms with Crippen LogP contribution < -0.4 is 10.1 Å². The summed E-state index contributed by atoms with van der Waals surface area (Å²) < 4.78 is 10.8. The maximum atomic E-state index is 5.44. The molecule has 0 aliphatic carbocycles. The third-order valence-corrected chi connectivity index (χ3v) is 3.03. The maximum Gasteiger partial charge on any atom is 0.123 e. The van der Waals surface area contributed by atoms with E-state index in [1.165, 1.54) is 0 Å². The second kappa shape index (κ2) is 6.26. The van der Waals surface area contributed by atoms with Gasteiger partial charge in [-0.2, -0.15) is 0 Å². The van der Waals surface area contributed by atoms with Gasteiger partial charge < -0.3 is 14.5 Å². The molecule has 0 aliphatic rings. The minimum absolute atomic E-state index is 0.241. The molecule has 0 spiro atoms. The van der Waals surface area contributed by atoms with Crippen LogP contribution in [0.4, 0.5) is 0 Å². The quantitative estimate of drug-likeness (QED) is 0.845. The van der Waals surface area contributed by atoms with Crippen molar-refractivity contribution in [1.82, 2.24) is 5.32 Å². The highest BCUT2D eigenvalue weighted by Gasteiger charge is 2.12. The number of rotatable bonds is 6. The van der Waals surface area contributed by atoms with Gasteiger partial charge >= 0.3 is 0 Å². The Kier molecular flexibility index (Phi) is 4.42. The number of ether oxygens (including phenoxy) is 1. The van der Waals surface area contributed by atoms with Crippen LogP contribution in [0, 0.1) is 0 Å². The fourth-order valence-electron chi connectivity index (χ4n) is 2.02. The summed E-state index contributed by atoms with van der Waals surface area (Å²) in [7, 11) is 1.70. The molecule has 3 nitrogen and oxygen atoms in total. The van der Waals surface area contributed by atoms with Gasteiger partial charge in [-0.05, 0) is 24.6 Å². The first-order valence-corrected chi connectivity index (χ1v) is 6.23. The van der Waals surface area contributed by atoms with E-state index >= 15 is 0 Å². The van der Waals surface area contributed by atoms with E-state index in [2.05, 4.69) is 18.3 Å². The molecule has 0 saturated heterocycles. The van der Waals surface area contributed by atoms with Crippen molar-refractivity contribution in [1.29, 1.82) is 0 Å². The van der Waals surface area contributed by atoms with Crippen LogP contribution in [-0.2, 0) is 6.54 Å². The van der Waals surface area contributed by atoms with E-state index < -0.39 is 0 Å². The second-order valence-electron chi connectivity index (χ2n) is 4.17. The van der Waals surface area contributed by atoms with Crippen LogP contribution in [0.2, 0.25) is 0 Å². The van der Waals surface area contributed by atoms with Crippen molar-refractivity contribution in [2.45, 2.75) is 25.9 Å². The molecule has 96 valence electrons. The molecule has 0 bridgehead atoms. The molecule has 0 saturated carbocycles. The Labute approximate surface area is 108 Å². The van der Waals surface area contributed by atoms with E-state index in [-0.39, 0.29) is 6.04 Å². The predicted molar refractivity (Wildman–Crippen MR) is 71.6 cm³/mol. The molecule has 1 aromatic carbocycles. The Bertz CT molecular complexity index is 465. The van der Waals surface area contributed by atoms with Crippen molar-refractivity contribution in [2.75, 3.05) is 7.11 Å². The molecule has 1 N–H and O–H groups in total. The van der Waals surface area contributed by atoms with Gasteiger partial charge in [0.1, 0.15) is 11.5 Å². The van der Waals surface area contributed by atoms with Crippen LogP contribution >= 0.6 is 0 Å². The molecule has 1 atom stereocenters. The summed E-state index contributed by atoms with van der Waals surface area (Å²) in [5.74, 6) is 1.90. The summed E-state index contributed by atoms with van der Waals surface area (Å²) in [6, 6.07) is 12.2. The lowest BCUT2D eigenvalue weighted by Crippen LogP contribution is -2.20. The molecule has 18 heavy (non-hydrogen) atoms.